The van der Waals surface area contributed by atoms with Crippen LogP contribution in [0.2, 0.25) is 0 Å². The number of hydrogen-bond donors (Lipinski definition) is 2. The molecule has 0 aromatic heterocycles. The van der Waals surface area contributed by atoms with E-state index in [4.69, 9.17) is 0 Å². The van der Waals surface area contributed by atoms with Crippen LogP contribution in [0.3, 0.4) is 0 Å². The number of likely N-dealkylation sites (tertiary alicyclic amines) is 1. The smallest absolute Gasteiger partial charge is 0.255 e. The second kappa shape index (κ2) is 17.6. The van der Waals surface area contributed by atoms with Gasteiger partial charge in [0.1, 0.15) is 23.9 Å². The molecule has 4 aliphatic rings. The van der Waals surface area contributed by atoms with Gasteiger partial charge in [0.2, 0.25) is 11.8 Å². The summed E-state index contributed by atoms with van der Waals surface area (Å²) in [5, 5.41) is 12.8. The number of phenolic OH excluding ortho intramolecular Hbond substituents is 1. The molecule has 8 rings (SSSR count). The number of fused-ring (bicyclic) bond motifs is 2. The van der Waals surface area contributed by atoms with Gasteiger partial charge < -0.3 is 29.9 Å². The number of aryl methyl sites for hydroxylation is 1. The number of anilines is 1. The van der Waals surface area contributed by atoms with Gasteiger partial charge in [0.25, 0.3) is 5.91 Å². The number of nitrogens with one attached hydrogen (secondary N) is 1. The van der Waals surface area contributed by atoms with Crippen LogP contribution in [0.4, 0.5) is 10.1 Å². The lowest BCUT2D eigenvalue weighted by Gasteiger charge is -2.54. The molecule has 11 nitrogen and oxygen atoms in total. The summed E-state index contributed by atoms with van der Waals surface area (Å²) in [6, 6.07) is 24.1. The number of halogens is 1. The lowest BCUT2D eigenvalue weighted by molar-refractivity contribution is -0.146. The number of nitrogens with zero attached hydrogens (tertiary/aromatic N) is 4. The van der Waals surface area contributed by atoms with E-state index in [-0.39, 0.29) is 71.1 Å². The van der Waals surface area contributed by atoms with Crippen molar-refractivity contribution in [1.82, 2.24) is 20.0 Å². The molecule has 0 radical (unpaired) electrons. The molecule has 3 heterocycles. The standard InChI is InChI=1S/C49H54FN5O6/c1-51-47(60)44(4-3-23-56)52(2)48(61)43-26-34-17-20-53(27-36(34)24-37(43)29-57)28-45(59)55-30-49(31-55)18-21-54(22-19-49)39-12-7-33(8-13-39)46-41(32-5-10-38(50)11-6-32)15-9-35-25-40(58)14-16-42(35)46/h5-8,10-14,16,23-26,29,41,44,46,58H,3-4,9,15,17-22,27-28,30-31H2,1-2H3,(H,51,60). The third kappa shape index (κ3) is 8.55. The normalized spacial score (nSPS) is 19.9. The first-order chi connectivity index (χ1) is 29.5. The molecular formula is C49H54FN5O6. The first-order valence-corrected chi connectivity index (χ1v) is 21.5. The largest absolute Gasteiger partial charge is 0.508 e. The van der Waals surface area contributed by atoms with Crippen molar-refractivity contribution < 1.29 is 33.5 Å². The number of aromatic hydroxyl groups is 1. The van der Waals surface area contributed by atoms with Gasteiger partial charge in [-0.1, -0.05) is 30.3 Å². The Bertz CT molecular complexity index is 2300. The molecule has 0 saturated carbocycles. The SMILES string of the molecule is CNC(=O)C(CCC=O)N(C)C(=O)c1cc2c(cc1C=O)CN(CC(=O)N1CC3(CCN(c4ccc(C5c6ccc(O)cc6CCC5c5ccc(F)cc5)cc4)CC3)C1)CC2. The summed E-state index contributed by atoms with van der Waals surface area (Å²) in [6.07, 6.45) is 6.06. The fourth-order valence-corrected chi connectivity index (χ4v) is 10.3. The van der Waals surface area contributed by atoms with E-state index in [1.165, 1.54) is 35.8 Å². The summed E-state index contributed by atoms with van der Waals surface area (Å²) >= 11 is 0. The van der Waals surface area contributed by atoms with Gasteiger partial charge in [0.05, 0.1) is 12.1 Å². The van der Waals surface area contributed by atoms with Crippen molar-refractivity contribution in [3.05, 3.63) is 129 Å². The van der Waals surface area contributed by atoms with Crippen LogP contribution >= 0.6 is 0 Å². The third-order valence-electron chi connectivity index (χ3n) is 13.8. The zero-order chi connectivity index (χ0) is 42.8. The summed E-state index contributed by atoms with van der Waals surface area (Å²) < 4.78 is 13.9. The van der Waals surface area contributed by atoms with Gasteiger partial charge in [-0.05, 0) is 126 Å². The first kappa shape index (κ1) is 41.8. The molecule has 3 unspecified atom stereocenters. The van der Waals surface area contributed by atoms with Crippen LogP contribution in [0, 0.1) is 11.2 Å². The summed E-state index contributed by atoms with van der Waals surface area (Å²) in [7, 11) is 2.99. The van der Waals surface area contributed by atoms with Gasteiger partial charge in [0, 0.05) is 82.4 Å². The van der Waals surface area contributed by atoms with E-state index in [1.54, 1.807) is 30.3 Å². The molecule has 318 valence electrons. The summed E-state index contributed by atoms with van der Waals surface area (Å²) in [5.41, 5.74) is 8.30. The van der Waals surface area contributed by atoms with Gasteiger partial charge in [-0.25, -0.2) is 4.39 Å². The second-order valence-corrected chi connectivity index (χ2v) is 17.5. The van der Waals surface area contributed by atoms with E-state index in [9.17, 15) is 33.5 Å². The van der Waals surface area contributed by atoms with Gasteiger partial charge in [0.15, 0.2) is 6.29 Å². The Morgan fingerprint density at radius 2 is 1.62 bits per heavy atom. The van der Waals surface area contributed by atoms with Crippen LogP contribution in [-0.4, -0.2) is 110 Å². The number of amides is 3. The fraction of sp³-hybridized carbons (Fsp3) is 0.408. The number of rotatable bonds is 12. The molecule has 2 N–H and O–H groups in total. The van der Waals surface area contributed by atoms with Crippen LogP contribution in [0.25, 0.3) is 0 Å². The highest BCUT2D eigenvalue weighted by Crippen LogP contribution is 2.48. The Morgan fingerprint density at radius 1 is 0.902 bits per heavy atom. The Hall–Kier alpha value is -5.88. The van der Waals surface area contributed by atoms with E-state index >= 15 is 0 Å². The number of carbonyl (C=O) groups excluding carboxylic acids is 5. The average molecular weight is 828 g/mol. The van der Waals surface area contributed by atoms with Crippen LogP contribution in [0.5, 0.6) is 5.75 Å². The highest BCUT2D eigenvalue weighted by Gasteiger charge is 2.47. The van der Waals surface area contributed by atoms with Gasteiger partial charge >= 0.3 is 0 Å². The number of phenols is 1. The van der Waals surface area contributed by atoms with Gasteiger partial charge in [-0.15, -0.1) is 0 Å². The van der Waals surface area contributed by atoms with E-state index in [1.807, 2.05) is 29.2 Å². The summed E-state index contributed by atoms with van der Waals surface area (Å²) in [5.74, 6) is -0.414. The second-order valence-electron chi connectivity index (χ2n) is 17.5. The Labute approximate surface area is 356 Å². The molecule has 3 aliphatic heterocycles. The van der Waals surface area contributed by atoms with Crippen molar-refractivity contribution in [2.45, 2.75) is 69.4 Å². The molecule has 12 heteroatoms. The molecule has 0 bridgehead atoms. The minimum Gasteiger partial charge on any atom is -0.508 e. The zero-order valence-electron chi connectivity index (χ0n) is 34.9. The van der Waals surface area contributed by atoms with Crippen LogP contribution in [-0.2, 0) is 33.8 Å². The lowest BCUT2D eigenvalue weighted by Crippen LogP contribution is -2.63. The number of piperidine rings is 1. The van der Waals surface area contributed by atoms with E-state index in [2.05, 4.69) is 39.4 Å². The zero-order valence-corrected chi connectivity index (χ0v) is 34.9. The molecule has 3 atom stereocenters. The summed E-state index contributed by atoms with van der Waals surface area (Å²) in [4.78, 5) is 70.7. The predicted molar refractivity (Wildman–Crippen MR) is 230 cm³/mol. The molecule has 4 aromatic rings. The van der Waals surface area contributed by atoms with Crippen molar-refractivity contribution in [2.24, 2.45) is 5.41 Å². The monoisotopic (exact) mass is 827 g/mol. The molecule has 3 amide bonds. The Morgan fingerprint density at radius 3 is 2.31 bits per heavy atom. The van der Waals surface area contributed by atoms with E-state index in [0.29, 0.717) is 32.1 Å². The van der Waals surface area contributed by atoms with Crippen molar-refractivity contribution >= 4 is 36.0 Å². The third-order valence-corrected chi connectivity index (χ3v) is 13.8. The molecule has 2 fully saturated rings. The maximum absolute atomic E-state index is 13.9. The first-order valence-electron chi connectivity index (χ1n) is 21.5. The minimum atomic E-state index is -0.847. The topological polar surface area (TPSA) is 131 Å². The van der Waals surface area contributed by atoms with Gasteiger partial charge in [-0.2, -0.15) is 0 Å². The van der Waals surface area contributed by atoms with Crippen molar-refractivity contribution in [2.75, 3.05) is 58.3 Å². The molecule has 61 heavy (non-hydrogen) atoms. The van der Waals surface area contributed by atoms with E-state index in [0.717, 1.165) is 74.1 Å². The highest BCUT2D eigenvalue weighted by molar-refractivity contribution is 6.03. The van der Waals surface area contributed by atoms with E-state index < -0.39 is 11.9 Å². The van der Waals surface area contributed by atoms with Crippen molar-refractivity contribution in [3.8, 4) is 5.75 Å². The number of benzene rings is 4. The van der Waals surface area contributed by atoms with Crippen LogP contribution in [0.15, 0.2) is 78.9 Å². The maximum Gasteiger partial charge on any atom is 0.255 e. The molecular weight excluding hydrogens is 774 g/mol. The van der Waals surface area contributed by atoms with Crippen molar-refractivity contribution in [1.29, 1.82) is 0 Å². The quantitative estimate of drug-likeness (QED) is 0.170. The number of hydrogen-bond acceptors (Lipinski definition) is 8. The number of likely N-dealkylation sites (N-methyl/N-ethyl adjacent to an activating group) is 2. The molecule has 4 aromatic carbocycles. The highest BCUT2D eigenvalue weighted by atomic mass is 19.1. The molecule has 1 spiro atoms. The van der Waals surface area contributed by atoms with Crippen LogP contribution < -0.4 is 10.2 Å². The molecule has 2 saturated heterocycles. The average Bonchev–Trinajstić information content (AvgIpc) is 3.27. The fourth-order valence-electron chi connectivity index (χ4n) is 10.3. The number of aldehydes is 2. The van der Waals surface area contributed by atoms with Crippen molar-refractivity contribution in [3.63, 3.8) is 0 Å². The maximum atomic E-state index is 13.9. The number of carbonyl (C=O) groups is 5. The predicted octanol–water partition coefficient (Wildman–Crippen LogP) is 5.86. The Kier molecular flexibility index (Phi) is 12.1. The van der Waals surface area contributed by atoms with Gasteiger partial charge in [-0.3, -0.25) is 24.1 Å². The van der Waals surface area contributed by atoms with Crippen LogP contribution in [0.1, 0.15) is 98.0 Å². The Balaban J connectivity index is 0.855. The molecule has 1 aliphatic carbocycles. The minimum absolute atomic E-state index is 0.0908. The summed E-state index contributed by atoms with van der Waals surface area (Å²) in [6.45, 7) is 4.75. The lowest BCUT2D eigenvalue weighted by atomic mass is 9.69.